The van der Waals surface area contributed by atoms with Crippen LogP contribution in [0.3, 0.4) is 0 Å². The predicted molar refractivity (Wildman–Crippen MR) is 41.5 cm³/mol. The molecule has 0 N–H and O–H groups in total. The number of fused-ring (bicyclic) bond motifs is 2. The standard InChI is InChI=1S/C9H12F4O/c10-8-5-1-2-6(8)7(3-5)14-4-9(11,12)13/h5-8H,1-4H2/t5-,6+,7-,8-/m0/s1. The lowest BCUT2D eigenvalue weighted by molar-refractivity contribution is -0.190. The fraction of sp³-hybridized carbons (Fsp3) is 1.00. The van der Waals surface area contributed by atoms with Crippen LogP contribution in [0.25, 0.3) is 0 Å². The first-order valence-electron chi connectivity index (χ1n) is 4.80. The Morgan fingerprint density at radius 2 is 1.93 bits per heavy atom. The average Bonchev–Trinajstić information content (AvgIpc) is 2.57. The SMILES string of the molecule is F[C@H]1[C@H]2CC[C@@H]1[C@@H](OCC(F)(F)F)C2. The first kappa shape index (κ1) is 10.2. The van der Waals surface area contributed by atoms with Gasteiger partial charge in [-0.05, 0) is 25.2 Å². The van der Waals surface area contributed by atoms with E-state index in [0.717, 1.165) is 6.42 Å². The minimum atomic E-state index is -4.30. The van der Waals surface area contributed by atoms with Gasteiger partial charge >= 0.3 is 6.18 Å². The van der Waals surface area contributed by atoms with Gasteiger partial charge in [0.1, 0.15) is 12.8 Å². The van der Waals surface area contributed by atoms with E-state index >= 15 is 0 Å². The molecule has 0 aromatic heterocycles. The van der Waals surface area contributed by atoms with Crippen LogP contribution >= 0.6 is 0 Å². The molecule has 0 radical (unpaired) electrons. The highest BCUT2D eigenvalue weighted by Gasteiger charge is 2.49. The normalized spacial score (nSPS) is 42.0. The molecule has 0 unspecified atom stereocenters. The molecule has 1 nitrogen and oxygen atoms in total. The molecule has 2 rings (SSSR count). The van der Waals surface area contributed by atoms with Crippen molar-refractivity contribution in [1.82, 2.24) is 0 Å². The summed E-state index contributed by atoms with van der Waals surface area (Å²) >= 11 is 0. The van der Waals surface area contributed by atoms with Crippen LogP contribution in [-0.4, -0.2) is 25.1 Å². The Labute approximate surface area is 79.4 Å². The molecular formula is C9H12F4O. The third kappa shape index (κ3) is 1.87. The van der Waals surface area contributed by atoms with Crippen molar-refractivity contribution >= 4 is 0 Å². The van der Waals surface area contributed by atoms with E-state index in [-0.39, 0.29) is 11.8 Å². The van der Waals surface area contributed by atoms with Crippen LogP contribution in [0.4, 0.5) is 17.6 Å². The molecule has 4 atom stereocenters. The second kappa shape index (κ2) is 3.36. The van der Waals surface area contributed by atoms with Gasteiger partial charge in [-0.2, -0.15) is 13.2 Å². The molecule has 2 fully saturated rings. The third-order valence-corrected chi connectivity index (χ3v) is 3.20. The smallest absolute Gasteiger partial charge is 0.368 e. The number of ether oxygens (including phenoxy) is 1. The first-order valence-corrected chi connectivity index (χ1v) is 4.80. The van der Waals surface area contributed by atoms with E-state index in [1.165, 1.54) is 0 Å². The molecule has 14 heavy (non-hydrogen) atoms. The van der Waals surface area contributed by atoms with Gasteiger partial charge < -0.3 is 4.74 Å². The van der Waals surface area contributed by atoms with Crippen molar-refractivity contribution in [3.8, 4) is 0 Å². The molecule has 2 aliphatic carbocycles. The fourth-order valence-corrected chi connectivity index (χ4v) is 2.58. The van der Waals surface area contributed by atoms with Crippen LogP contribution in [0.2, 0.25) is 0 Å². The van der Waals surface area contributed by atoms with Crippen molar-refractivity contribution in [2.75, 3.05) is 6.61 Å². The van der Waals surface area contributed by atoms with Gasteiger partial charge in [-0.25, -0.2) is 4.39 Å². The fourth-order valence-electron chi connectivity index (χ4n) is 2.58. The molecule has 5 heteroatoms. The summed E-state index contributed by atoms with van der Waals surface area (Å²) < 4.78 is 53.5. The lowest BCUT2D eigenvalue weighted by Gasteiger charge is -2.22. The average molecular weight is 212 g/mol. The molecule has 0 spiro atoms. The molecule has 0 heterocycles. The van der Waals surface area contributed by atoms with Gasteiger partial charge in [-0.1, -0.05) is 0 Å². The summed E-state index contributed by atoms with van der Waals surface area (Å²) in [6.07, 6.45) is -3.81. The van der Waals surface area contributed by atoms with E-state index in [1.54, 1.807) is 0 Å². The zero-order chi connectivity index (χ0) is 10.3. The van der Waals surface area contributed by atoms with E-state index in [9.17, 15) is 17.6 Å². The molecule has 0 aromatic carbocycles. The maximum atomic E-state index is 13.3. The summed E-state index contributed by atoms with van der Waals surface area (Å²) in [5.41, 5.74) is 0. The highest BCUT2D eigenvalue weighted by molar-refractivity contribution is 4.98. The Hall–Kier alpha value is -0.320. The second-order valence-electron chi connectivity index (χ2n) is 4.15. The van der Waals surface area contributed by atoms with Crippen molar-refractivity contribution in [3.63, 3.8) is 0 Å². The van der Waals surface area contributed by atoms with Gasteiger partial charge in [0.05, 0.1) is 6.10 Å². The maximum absolute atomic E-state index is 13.3. The molecule has 2 aliphatic rings. The predicted octanol–water partition coefficient (Wildman–Crippen LogP) is 2.70. The van der Waals surface area contributed by atoms with Crippen LogP contribution < -0.4 is 0 Å². The van der Waals surface area contributed by atoms with Crippen LogP contribution in [-0.2, 0) is 4.74 Å². The van der Waals surface area contributed by atoms with E-state index in [2.05, 4.69) is 0 Å². The molecule has 82 valence electrons. The molecule has 2 saturated carbocycles. The minimum absolute atomic E-state index is 0.0572. The van der Waals surface area contributed by atoms with Crippen LogP contribution in [0.1, 0.15) is 19.3 Å². The lowest BCUT2D eigenvalue weighted by atomic mass is 9.98. The number of rotatable bonds is 2. The lowest BCUT2D eigenvalue weighted by Crippen LogP contribution is -2.28. The number of alkyl halides is 4. The zero-order valence-electron chi connectivity index (χ0n) is 7.56. The summed E-state index contributed by atoms with van der Waals surface area (Å²) in [5, 5.41) is 0. The second-order valence-corrected chi connectivity index (χ2v) is 4.15. The minimum Gasteiger partial charge on any atom is -0.368 e. The van der Waals surface area contributed by atoms with Gasteiger partial charge in [0.2, 0.25) is 0 Å². The van der Waals surface area contributed by atoms with Gasteiger partial charge in [-0.3, -0.25) is 0 Å². The Balaban J connectivity index is 1.84. The third-order valence-electron chi connectivity index (χ3n) is 3.20. The summed E-state index contributed by atoms with van der Waals surface area (Å²) in [5.74, 6) is -0.347. The van der Waals surface area contributed by atoms with Gasteiger partial charge in [0.25, 0.3) is 0 Å². The number of halogens is 4. The maximum Gasteiger partial charge on any atom is 0.411 e. The quantitative estimate of drug-likeness (QED) is 0.639. The summed E-state index contributed by atoms with van der Waals surface area (Å²) in [6, 6.07) is 0. The number of hydrogen-bond acceptors (Lipinski definition) is 1. The molecule has 0 saturated heterocycles. The van der Waals surface area contributed by atoms with Crippen LogP contribution in [0.5, 0.6) is 0 Å². The summed E-state index contributed by atoms with van der Waals surface area (Å²) in [7, 11) is 0. The van der Waals surface area contributed by atoms with Crippen molar-refractivity contribution in [1.29, 1.82) is 0 Å². The molecular weight excluding hydrogens is 200 g/mol. The Morgan fingerprint density at radius 3 is 2.36 bits per heavy atom. The van der Waals surface area contributed by atoms with Crippen LogP contribution in [0, 0.1) is 11.8 Å². The van der Waals surface area contributed by atoms with Crippen molar-refractivity contribution < 1.29 is 22.3 Å². The molecule has 0 aliphatic heterocycles. The van der Waals surface area contributed by atoms with E-state index in [0.29, 0.717) is 12.8 Å². The van der Waals surface area contributed by atoms with E-state index < -0.39 is 25.1 Å². The number of hydrogen-bond donors (Lipinski definition) is 0. The van der Waals surface area contributed by atoms with Crippen molar-refractivity contribution in [3.05, 3.63) is 0 Å². The summed E-state index contributed by atoms with van der Waals surface area (Å²) in [6.45, 7) is -1.24. The first-order chi connectivity index (χ1) is 6.47. The van der Waals surface area contributed by atoms with Gasteiger partial charge in [-0.15, -0.1) is 0 Å². The van der Waals surface area contributed by atoms with Crippen molar-refractivity contribution in [2.24, 2.45) is 11.8 Å². The van der Waals surface area contributed by atoms with Gasteiger partial charge in [0, 0.05) is 5.92 Å². The molecule has 2 bridgehead atoms. The molecule has 0 aromatic rings. The zero-order valence-corrected chi connectivity index (χ0v) is 7.56. The highest BCUT2D eigenvalue weighted by Crippen LogP contribution is 2.48. The molecule has 0 amide bonds. The van der Waals surface area contributed by atoms with Gasteiger partial charge in [0.15, 0.2) is 0 Å². The van der Waals surface area contributed by atoms with E-state index in [4.69, 9.17) is 4.74 Å². The van der Waals surface area contributed by atoms with E-state index in [1.807, 2.05) is 0 Å². The van der Waals surface area contributed by atoms with Crippen LogP contribution in [0.15, 0.2) is 0 Å². The Kier molecular flexibility index (Phi) is 2.45. The summed E-state index contributed by atoms with van der Waals surface area (Å²) in [4.78, 5) is 0. The Morgan fingerprint density at radius 1 is 1.21 bits per heavy atom. The van der Waals surface area contributed by atoms with Crippen molar-refractivity contribution in [2.45, 2.75) is 37.7 Å². The monoisotopic (exact) mass is 212 g/mol. The highest BCUT2D eigenvalue weighted by atomic mass is 19.4. The topological polar surface area (TPSA) is 9.23 Å². The largest absolute Gasteiger partial charge is 0.411 e. The Bertz CT molecular complexity index is 215.